The Labute approximate surface area is 158 Å². The van der Waals surface area contributed by atoms with Gasteiger partial charge in [0.1, 0.15) is 12.4 Å². The largest absolute Gasteiger partial charge is 0.496 e. The van der Waals surface area contributed by atoms with E-state index in [9.17, 15) is 9.59 Å². The summed E-state index contributed by atoms with van der Waals surface area (Å²) in [5, 5.41) is 3.43. The van der Waals surface area contributed by atoms with Crippen LogP contribution < -0.4 is 10.1 Å². The van der Waals surface area contributed by atoms with E-state index < -0.39 is 0 Å². The summed E-state index contributed by atoms with van der Waals surface area (Å²) in [5.74, 6) is 0.238. The molecule has 7 nitrogen and oxygen atoms in total. The molecule has 0 atom stereocenters. The van der Waals surface area contributed by atoms with E-state index in [1.54, 1.807) is 30.2 Å². The fourth-order valence-corrected chi connectivity index (χ4v) is 2.99. The number of amides is 2. The second kappa shape index (κ2) is 10.4. The Hall–Kier alpha value is -1.83. The third-order valence-corrected chi connectivity index (χ3v) is 4.44. The molecule has 8 heteroatoms. The van der Waals surface area contributed by atoms with Gasteiger partial charge in [0.05, 0.1) is 25.9 Å². The average molecular weight is 385 g/mol. The normalized spacial score (nSPS) is 15.0. The molecule has 0 unspecified atom stereocenters. The topological polar surface area (TPSA) is 77.1 Å². The monoisotopic (exact) mass is 384 g/mol. The predicted octanol–water partition coefficient (Wildman–Crippen LogP) is 1.73. The number of nitrogens with one attached hydrogen (secondary N) is 1. The molecule has 144 valence electrons. The van der Waals surface area contributed by atoms with Crippen LogP contribution in [0.25, 0.3) is 0 Å². The minimum atomic E-state index is -0.151. The first kappa shape index (κ1) is 20.5. The van der Waals surface area contributed by atoms with Crippen LogP contribution in [-0.4, -0.2) is 69.9 Å². The molecular formula is C18H25ClN2O5. The standard InChI is InChI=1S/C18H25ClN2O5/c1-24-9-10-26-12-17(22)20-14-5-7-21(8-6-14)18(23)15-11-13(19)3-4-16(15)25-2/h3-4,11,14H,5-10,12H2,1-2H3,(H,20,22). The number of carbonyl (C=O) groups is 2. The summed E-state index contributed by atoms with van der Waals surface area (Å²) < 4.78 is 15.3. The van der Waals surface area contributed by atoms with Gasteiger partial charge in [0.2, 0.25) is 5.91 Å². The van der Waals surface area contributed by atoms with E-state index in [2.05, 4.69) is 5.32 Å². The zero-order valence-electron chi connectivity index (χ0n) is 15.1. The minimum absolute atomic E-state index is 0.0161. The van der Waals surface area contributed by atoms with Crippen molar-refractivity contribution in [2.24, 2.45) is 0 Å². The molecule has 0 bridgehead atoms. The molecule has 0 saturated carbocycles. The van der Waals surface area contributed by atoms with Gasteiger partial charge in [-0.15, -0.1) is 0 Å². The molecule has 0 aliphatic carbocycles. The van der Waals surface area contributed by atoms with E-state index in [1.165, 1.54) is 7.11 Å². The van der Waals surface area contributed by atoms with E-state index in [-0.39, 0.29) is 24.5 Å². The second-order valence-electron chi connectivity index (χ2n) is 6.02. The number of likely N-dealkylation sites (tertiary alicyclic amines) is 1. The highest BCUT2D eigenvalue weighted by Gasteiger charge is 2.26. The molecule has 1 aromatic rings. The Bertz CT molecular complexity index is 618. The van der Waals surface area contributed by atoms with Crippen molar-refractivity contribution in [3.8, 4) is 5.75 Å². The number of hydrogen-bond donors (Lipinski definition) is 1. The fourth-order valence-electron chi connectivity index (χ4n) is 2.82. The van der Waals surface area contributed by atoms with Gasteiger partial charge in [0, 0.05) is 31.3 Å². The molecule has 0 aromatic heterocycles. The number of halogens is 1. The van der Waals surface area contributed by atoms with Gasteiger partial charge in [0.15, 0.2) is 0 Å². The first-order valence-electron chi connectivity index (χ1n) is 8.54. The molecule has 1 aromatic carbocycles. The zero-order valence-corrected chi connectivity index (χ0v) is 15.9. The first-order chi connectivity index (χ1) is 12.5. The summed E-state index contributed by atoms with van der Waals surface area (Å²) in [5.41, 5.74) is 0.453. The maximum atomic E-state index is 12.7. The highest BCUT2D eigenvalue weighted by Crippen LogP contribution is 2.25. The number of piperidine rings is 1. The number of carbonyl (C=O) groups excluding carboxylic acids is 2. The number of hydrogen-bond acceptors (Lipinski definition) is 5. The van der Waals surface area contributed by atoms with E-state index in [0.717, 1.165) is 0 Å². The van der Waals surface area contributed by atoms with Crippen LogP contribution >= 0.6 is 11.6 Å². The van der Waals surface area contributed by atoms with Gasteiger partial charge in [-0.3, -0.25) is 9.59 Å². The Morgan fingerprint density at radius 3 is 2.62 bits per heavy atom. The van der Waals surface area contributed by atoms with Crippen molar-refractivity contribution in [2.75, 3.05) is 47.1 Å². The highest BCUT2D eigenvalue weighted by molar-refractivity contribution is 6.31. The van der Waals surface area contributed by atoms with E-state index in [0.29, 0.717) is 55.5 Å². The third-order valence-electron chi connectivity index (χ3n) is 4.20. The lowest BCUT2D eigenvalue weighted by atomic mass is 10.0. The van der Waals surface area contributed by atoms with Crippen LogP contribution in [0.2, 0.25) is 5.02 Å². The number of rotatable bonds is 8. The van der Waals surface area contributed by atoms with Crippen molar-refractivity contribution in [1.29, 1.82) is 0 Å². The number of methoxy groups -OCH3 is 2. The number of nitrogens with zero attached hydrogens (tertiary/aromatic N) is 1. The second-order valence-corrected chi connectivity index (χ2v) is 6.46. The van der Waals surface area contributed by atoms with Gasteiger partial charge in [-0.2, -0.15) is 0 Å². The van der Waals surface area contributed by atoms with Gasteiger partial charge < -0.3 is 24.4 Å². The Morgan fingerprint density at radius 2 is 1.96 bits per heavy atom. The van der Waals surface area contributed by atoms with Gasteiger partial charge in [0.25, 0.3) is 5.91 Å². The molecule has 0 spiro atoms. The minimum Gasteiger partial charge on any atom is -0.496 e. The molecule has 2 amide bonds. The van der Waals surface area contributed by atoms with E-state index >= 15 is 0 Å². The maximum absolute atomic E-state index is 12.7. The Kier molecular flexibility index (Phi) is 8.15. The van der Waals surface area contributed by atoms with Crippen molar-refractivity contribution in [1.82, 2.24) is 10.2 Å². The maximum Gasteiger partial charge on any atom is 0.257 e. The van der Waals surface area contributed by atoms with Gasteiger partial charge in [-0.1, -0.05) is 11.6 Å². The predicted molar refractivity (Wildman–Crippen MR) is 97.8 cm³/mol. The summed E-state index contributed by atoms with van der Waals surface area (Å²) in [6.07, 6.45) is 1.39. The quantitative estimate of drug-likeness (QED) is 0.691. The lowest BCUT2D eigenvalue weighted by molar-refractivity contribution is -0.127. The average Bonchev–Trinajstić information content (AvgIpc) is 2.65. The van der Waals surface area contributed by atoms with Crippen molar-refractivity contribution in [2.45, 2.75) is 18.9 Å². The molecule has 2 rings (SSSR count). The summed E-state index contributed by atoms with van der Waals surface area (Å²) in [7, 11) is 3.11. The number of benzene rings is 1. The molecule has 1 fully saturated rings. The lowest BCUT2D eigenvalue weighted by Crippen LogP contribution is -2.47. The van der Waals surface area contributed by atoms with Crippen molar-refractivity contribution >= 4 is 23.4 Å². The van der Waals surface area contributed by atoms with E-state index in [4.69, 9.17) is 25.8 Å². The number of ether oxygens (including phenoxy) is 3. The SMILES string of the molecule is COCCOCC(=O)NC1CCN(C(=O)c2cc(Cl)ccc2OC)CC1. The van der Waals surface area contributed by atoms with Crippen molar-refractivity contribution in [3.63, 3.8) is 0 Å². The van der Waals surface area contributed by atoms with Crippen LogP contribution in [0, 0.1) is 0 Å². The van der Waals surface area contributed by atoms with Gasteiger partial charge >= 0.3 is 0 Å². The zero-order chi connectivity index (χ0) is 18.9. The van der Waals surface area contributed by atoms with Crippen LogP contribution in [0.15, 0.2) is 18.2 Å². The van der Waals surface area contributed by atoms with Crippen LogP contribution in [0.1, 0.15) is 23.2 Å². The summed E-state index contributed by atoms with van der Waals surface area (Å²) in [4.78, 5) is 26.3. The van der Waals surface area contributed by atoms with Crippen LogP contribution in [0.4, 0.5) is 0 Å². The van der Waals surface area contributed by atoms with Crippen LogP contribution in [-0.2, 0) is 14.3 Å². The Morgan fingerprint density at radius 1 is 1.23 bits per heavy atom. The highest BCUT2D eigenvalue weighted by atomic mass is 35.5. The molecule has 0 radical (unpaired) electrons. The summed E-state index contributed by atoms with van der Waals surface area (Å²) >= 11 is 6.01. The molecular weight excluding hydrogens is 360 g/mol. The van der Waals surface area contributed by atoms with E-state index in [1.807, 2.05) is 0 Å². The molecule has 1 aliphatic rings. The molecule has 1 aliphatic heterocycles. The third kappa shape index (κ3) is 5.86. The lowest BCUT2D eigenvalue weighted by Gasteiger charge is -2.32. The van der Waals surface area contributed by atoms with Gasteiger partial charge in [-0.05, 0) is 31.0 Å². The fraction of sp³-hybridized carbons (Fsp3) is 0.556. The van der Waals surface area contributed by atoms with Gasteiger partial charge in [-0.25, -0.2) is 0 Å². The molecule has 1 saturated heterocycles. The summed E-state index contributed by atoms with van der Waals surface area (Å²) in [6.45, 7) is 1.98. The van der Waals surface area contributed by atoms with Crippen LogP contribution in [0.5, 0.6) is 5.75 Å². The molecule has 1 N–H and O–H groups in total. The van der Waals surface area contributed by atoms with Crippen molar-refractivity contribution < 1.29 is 23.8 Å². The van der Waals surface area contributed by atoms with Crippen molar-refractivity contribution in [3.05, 3.63) is 28.8 Å². The van der Waals surface area contributed by atoms with Crippen LogP contribution in [0.3, 0.4) is 0 Å². The molecule has 26 heavy (non-hydrogen) atoms. The first-order valence-corrected chi connectivity index (χ1v) is 8.91. The Balaban J connectivity index is 1.82. The summed E-state index contributed by atoms with van der Waals surface area (Å²) in [6, 6.07) is 5.03. The molecule has 1 heterocycles. The smallest absolute Gasteiger partial charge is 0.257 e.